The number of aromatic hydroxyl groups is 1. The predicted octanol–water partition coefficient (Wildman–Crippen LogP) is 2.61. The summed E-state index contributed by atoms with van der Waals surface area (Å²) >= 11 is 0. The Labute approximate surface area is 83.5 Å². The van der Waals surface area contributed by atoms with E-state index in [2.05, 4.69) is 6.92 Å². The second kappa shape index (κ2) is 2.51. The lowest BCUT2D eigenvalue weighted by molar-refractivity contribution is -0.0952. The van der Waals surface area contributed by atoms with Gasteiger partial charge < -0.3 is 9.84 Å². The third kappa shape index (κ3) is 0.845. The molecule has 0 radical (unpaired) electrons. The standard InChI is InChI=1S/C12H14O2/c1-8-3-4-10(13)11-9(8)7-14-12(11)5-2-6-12/h3-4,13H,2,5-7H2,1H3. The SMILES string of the molecule is Cc1ccc(O)c2c1COC21CCC1. The van der Waals surface area contributed by atoms with Crippen LogP contribution in [0.25, 0.3) is 0 Å². The molecule has 1 aromatic rings. The largest absolute Gasteiger partial charge is 0.508 e. The summed E-state index contributed by atoms with van der Waals surface area (Å²) in [5.74, 6) is 0.419. The van der Waals surface area contributed by atoms with Gasteiger partial charge >= 0.3 is 0 Å². The Morgan fingerprint density at radius 1 is 1.36 bits per heavy atom. The quantitative estimate of drug-likeness (QED) is 0.681. The van der Waals surface area contributed by atoms with Crippen LogP contribution < -0.4 is 0 Å². The molecule has 1 spiro atoms. The maximum absolute atomic E-state index is 9.88. The molecule has 0 aromatic heterocycles. The Hall–Kier alpha value is -1.02. The van der Waals surface area contributed by atoms with Crippen LogP contribution in [0, 0.1) is 6.92 Å². The fourth-order valence-electron chi connectivity index (χ4n) is 2.61. The van der Waals surface area contributed by atoms with Crippen LogP contribution >= 0.6 is 0 Å². The first kappa shape index (κ1) is 8.30. The first-order valence-corrected chi connectivity index (χ1v) is 5.19. The lowest BCUT2D eigenvalue weighted by atomic mass is 9.74. The van der Waals surface area contributed by atoms with Crippen molar-refractivity contribution >= 4 is 0 Å². The molecule has 0 unspecified atom stereocenters. The Morgan fingerprint density at radius 3 is 2.79 bits per heavy atom. The van der Waals surface area contributed by atoms with E-state index in [-0.39, 0.29) is 5.60 Å². The van der Waals surface area contributed by atoms with Gasteiger partial charge in [-0.15, -0.1) is 0 Å². The van der Waals surface area contributed by atoms with Gasteiger partial charge in [0, 0.05) is 5.56 Å². The summed E-state index contributed by atoms with van der Waals surface area (Å²) in [6.07, 6.45) is 3.35. The molecule has 14 heavy (non-hydrogen) atoms. The first-order valence-electron chi connectivity index (χ1n) is 5.19. The molecule has 1 fully saturated rings. The molecule has 1 aliphatic heterocycles. The third-order valence-electron chi connectivity index (χ3n) is 3.63. The third-order valence-corrected chi connectivity index (χ3v) is 3.63. The van der Waals surface area contributed by atoms with Crippen LogP contribution in [0.3, 0.4) is 0 Å². The average molecular weight is 190 g/mol. The lowest BCUT2D eigenvalue weighted by Gasteiger charge is -2.38. The minimum atomic E-state index is -0.120. The highest BCUT2D eigenvalue weighted by Gasteiger charge is 2.47. The van der Waals surface area contributed by atoms with E-state index >= 15 is 0 Å². The second-order valence-electron chi connectivity index (χ2n) is 4.39. The summed E-state index contributed by atoms with van der Waals surface area (Å²) in [7, 11) is 0. The average Bonchev–Trinajstić information content (AvgIpc) is 2.51. The molecule has 3 rings (SSSR count). The van der Waals surface area contributed by atoms with Crippen molar-refractivity contribution in [1.82, 2.24) is 0 Å². The summed E-state index contributed by atoms with van der Waals surface area (Å²) < 4.78 is 5.85. The van der Waals surface area contributed by atoms with Crippen LogP contribution in [-0.4, -0.2) is 5.11 Å². The molecule has 0 atom stereocenters. The highest BCUT2D eigenvalue weighted by molar-refractivity contribution is 5.50. The van der Waals surface area contributed by atoms with Crippen molar-refractivity contribution in [3.63, 3.8) is 0 Å². The molecule has 1 aliphatic carbocycles. The van der Waals surface area contributed by atoms with Gasteiger partial charge in [-0.2, -0.15) is 0 Å². The number of aryl methyl sites for hydroxylation is 1. The van der Waals surface area contributed by atoms with E-state index in [1.54, 1.807) is 6.07 Å². The smallest absolute Gasteiger partial charge is 0.122 e. The van der Waals surface area contributed by atoms with Crippen LogP contribution in [0.5, 0.6) is 5.75 Å². The number of benzene rings is 1. The number of rotatable bonds is 0. The molecule has 2 heteroatoms. The molecule has 1 N–H and O–H groups in total. The fraction of sp³-hybridized carbons (Fsp3) is 0.500. The zero-order chi connectivity index (χ0) is 9.76. The van der Waals surface area contributed by atoms with E-state index < -0.39 is 0 Å². The highest BCUT2D eigenvalue weighted by Crippen LogP contribution is 2.53. The van der Waals surface area contributed by atoms with Gasteiger partial charge in [0.25, 0.3) is 0 Å². The minimum absolute atomic E-state index is 0.120. The summed E-state index contributed by atoms with van der Waals surface area (Å²) in [4.78, 5) is 0. The maximum atomic E-state index is 9.88. The zero-order valence-electron chi connectivity index (χ0n) is 8.34. The zero-order valence-corrected chi connectivity index (χ0v) is 8.34. The van der Waals surface area contributed by atoms with Crippen molar-refractivity contribution in [2.45, 2.75) is 38.4 Å². The fourth-order valence-corrected chi connectivity index (χ4v) is 2.61. The van der Waals surface area contributed by atoms with Crippen molar-refractivity contribution < 1.29 is 9.84 Å². The van der Waals surface area contributed by atoms with Gasteiger partial charge in [0.2, 0.25) is 0 Å². The summed E-state index contributed by atoms with van der Waals surface area (Å²) in [6, 6.07) is 3.76. The number of fused-ring (bicyclic) bond motifs is 2. The van der Waals surface area contributed by atoms with Crippen molar-refractivity contribution in [3.05, 3.63) is 28.8 Å². The van der Waals surface area contributed by atoms with Crippen molar-refractivity contribution in [1.29, 1.82) is 0 Å². The van der Waals surface area contributed by atoms with E-state index in [0.29, 0.717) is 12.4 Å². The summed E-state index contributed by atoms with van der Waals surface area (Å²) in [5.41, 5.74) is 3.40. The van der Waals surface area contributed by atoms with Gasteiger partial charge in [0.1, 0.15) is 5.75 Å². The van der Waals surface area contributed by atoms with E-state index in [9.17, 15) is 5.11 Å². The normalized spacial score (nSPS) is 22.1. The topological polar surface area (TPSA) is 29.5 Å². The van der Waals surface area contributed by atoms with Gasteiger partial charge in [0.15, 0.2) is 0 Å². The van der Waals surface area contributed by atoms with Crippen LogP contribution in [0.2, 0.25) is 0 Å². The minimum Gasteiger partial charge on any atom is -0.508 e. The Kier molecular flexibility index (Phi) is 1.49. The van der Waals surface area contributed by atoms with Gasteiger partial charge in [-0.25, -0.2) is 0 Å². The molecular weight excluding hydrogens is 176 g/mol. The maximum Gasteiger partial charge on any atom is 0.122 e. The molecule has 0 amide bonds. The molecule has 1 heterocycles. The Morgan fingerprint density at radius 2 is 2.14 bits per heavy atom. The lowest BCUT2D eigenvalue weighted by Crippen LogP contribution is -2.33. The predicted molar refractivity (Wildman–Crippen MR) is 53.2 cm³/mol. The molecule has 2 aliphatic rings. The number of hydrogen-bond donors (Lipinski definition) is 1. The Balaban J connectivity index is 2.22. The molecular formula is C12H14O2. The van der Waals surface area contributed by atoms with E-state index in [0.717, 1.165) is 18.4 Å². The van der Waals surface area contributed by atoms with Crippen molar-refractivity contribution in [2.75, 3.05) is 0 Å². The van der Waals surface area contributed by atoms with Crippen LogP contribution in [0.4, 0.5) is 0 Å². The number of ether oxygens (including phenoxy) is 1. The molecule has 2 nitrogen and oxygen atoms in total. The van der Waals surface area contributed by atoms with E-state index in [1.165, 1.54) is 17.5 Å². The van der Waals surface area contributed by atoms with Gasteiger partial charge in [-0.3, -0.25) is 0 Å². The van der Waals surface area contributed by atoms with Gasteiger partial charge in [0.05, 0.1) is 12.2 Å². The summed E-state index contributed by atoms with van der Waals surface area (Å²) in [5, 5.41) is 9.88. The first-order chi connectivity index (χ1) is 6.73. The van der Waals surface area contributed by atoms with E-state index in [1.807, 2.05) is 6.07 Å². The highest BCUT2D eigenvalue weighted by atomic mass is 16.5. The molecule has 74 valence electrons. The van der Waals surface area contributed by atoms with Gasteiger partial charge in [-0.05, 0) is 43.4 Å². The van der Waals surface area contributed by atoms with Crippen LogP contribution in [0.15, 0.2) is 12.1 Å². The van der Waals surface area contributed by atoms with E-state index in [4.69, 9.17) is 4.74 Å². The van der Waals surface area contributed by atoms with Crippen molar-refractivity contribution in [3.8, 4) is 5.75 Å². The van der Waals surface area contributed by atoms with Crippen LogP contribution in [0.1, 0.15) is 36.0 Å². The van der Waals surface area contributed by atoms with Gasteiger partial charge in [-0.1, -0.05) is 6.07 Å². The molecule has 0 bridgehead atoms. The molecule has 0 saturated heterocycles. The van der Waals surface area contributed by atoms with Crippen LogP contribution in [-0.2, 0) is 16.9 Å². The number of phenolic OH excluding ortho intramolecular Hbond substituents is 1. The monoisotopic (exact) mass is 190 g/mol. The second-order valence-corrected chi connectivity index (χ2v) is 4.39. The summed E-state index contributed by atoms with van der Waals surface area (Å²) in [6.45, 7) is 2.76. The Bertz CT molecular complexity index is 392. The molecule has 1 saturated carbocycles. The number of phenols is 1. The number of hydrogen-bond acceptors (Lipinski definition) is 2. The van der Waals surface area contributed by atoms with Crippen molar-refractivity contribution in [2.24, 2.45) is 0 Å². The molecule has 1 aromatic carbocycles.